The van der Waals surface area contributed by atoms with Gasteiger partial charge < -0.3 is 19.5 Å². The van der Waals surface area contributed by atoms with E-state index in [1.54, 1.807) is 29.0 Å². The fourth-order valence-electron chi connectivity index (χ4n) is 5.07. The number of halogens is 2. The maximum absolute atomic E-state index is 13.1. The van der Waals surface area contributed by atoms with Gasteiger partial charge in [0.15, 0.2) is 5.82 Å². The lowest BCUT2D eigenvalue weighted by atomic mass is 10.1. The number of carboxylic acid groups (broad SMARTS) is 1. The quantitative estimate of drug-likeness (QED) is 0.377. The van der Waals surface area contributed by atoms with E-state index in [1.165, 1.54) is 6.20 Å². The molecule has 1 fully saturated rings. The lowest BCUT2D eigenvalue weighted by molar-refractivity contribution is 0.0695. The highest BCUT2D eigenvalue weighted by molar-refractivity contribution is 6.34. The van der Waals surface area contributed by atoms with Crippen molar-refractivity contribution in [2.75, 3.05) is 24.7 Å². The number of pyridine rings is 2. The van der Waals surface area contributed by atoms with Crippen LogP contribution in [0.25, 0.3) is 16.7 Å². The van der Waals surface area contributed by atoms with Gasteiger partial charge in [0, 0.05) is 30.4 Å². The zero-order chi connectivity index (χ0) is 26.4. The first-order chi connectivity index (χ1) is 18.4. The summed E-state index contributed by atoms with van der Waals surface area (Å²) < 4.78 is 14.9. The van der Waals surface area contributed by atoms with Crippen LogP contribution < -0.4 is 15.1 Å². The normalized spacial score (nSPS) is 17.1. The summed E-state index contributed by atoms with van der Waals surface area (Å²) >= 11 is 12.9. The lowest BCUT2D eigenvalue weighted by Gasteiger charge is -2.28. The van der Waals surface area contributed by atoms with Crippen LogP contribution in [0.5, 0.6) is 5.88 Å². The van der Waals surface area contributed by atoms with E-state index in [4.69, 9.17) is 32.7 Å². The molecule has 0 aliphatic carbocycles. The molecule has 1 aromatic carbocycles. The molecule has 0 radical (unpaired) electrons. The van der Waals surface area contributed by atoms with E-state index in [0.717, 1.165) is 30.8 Å². The van der Waals surface area contributed by atoms with Gasteiger partial charge >= 0.3 is 5.97 Å². The summed E-state index contributed by atoms with van der Waals surface area (Å²) in [5.41, 5.74) is 1.14. The predicted molar refractivity (Wildman–Crippen MR) is 142 cm³/mol. The van der Waals surface area contributed by atoms with Crippen molar-refractivity contribution in [2.45, 2.75) is 32.0 Å². The Morgan fingerprint density at radius 3 is 2.87 bits per heavy atom. The van der Waals surface area contributed by atoms with Crippen molar-refractivity contribution in [3.05, 3.63) is 74.3 Å². The summed E-state index contributed by atoms with van der Waals surface area (Å²) in [6, 6.07) is 8.67. The molecule has 0 bridgehead atoms. The van der Waals surface area contributed by atoms with Gasteiger partial charge in [0.1, 0.15) is 17.2 Å². The minimum absolute atomic E-state index is 0.00134. The van der Waals surface area contributed by atoms with E-state index in [-0.39, 0.29) is 17.0 Å². The molecular weight excluding hydrogens is 533 g/mol. The molecule has 6 rings (SSSR count). The number of aromatic nitrogens is 4. The standard InChI is InChI=1S/C26H23Cl2N5O5/c27-19-4-1-5-29-25(19)38-14-15-3-2-6-31(15)22-11-21-17(10-20(22)28)24(34)18(26(35)36)12-32(21)23-9-16-13-37-8-7-33(16)30-23/h1,4-5,9-12,15H,2-3,6-8,13-14H2,(H,35,36)/t15-/m1/s1. The first-order valence-corrected chi connectivity index (χ1v) is 12.9. The van der Waals surface area contributed by atoms with Crippen LogP contribution in [0, 0.1) is 0 Å². The highest BCUT2D eigenvalue weighted by atomic mass is 35.5. The van der Waals surface area contributed by atoms with Crippen LogP contribution in [0.3, 0.4) is 0 Å². The lowest BCUT2D eigenvalue weighted by Crippen LogP contribution is -2.34. The molecule has 38 heavy (non-hydrogen) atoms. The zero-order valence-corrected chi connectivity index (χ0v) is 21.7. The van der Waals surface area contributed by atoms with Gasteiger partial charge in [-0.25, -0.2) is 9.78 Å². The third-order valence-electron chi connectivity index (χ3n) is 6.92. The van der Waals surface area contributed by atoms with Gasteiger partial charge in [-0.05, 0) is 37.1 Å². The van der Waals surface area contributed by atoms with E-state index < -0.39 is 11.4 Å². The average Bonchev–Trinajstić information content (AvgIpc) is 3.55. The Balaban J connectivity index is 1.44. The summed E-state index contributed by atoms with van der Waals surface area (Å²) in [7, 11) is 0. The van der Waals surface area contributed by atoms with Crippen molar-refractivity contribution >= 4 is 45.8 Å². The second kappa shape index (κ2) is 9.94. The van der Waals surface area contributed by atoms with Gasteiger partial charge in [0.25, 0.3) is 0 Å². The number of carboxylic acids is 1. The molecule has 0 unspecified atom stereocenters. The third-order valence-corrected chi connectivity index (χ3v) is 7.51. The first kappa shape index (κ1) is 24.7. The Morgan fingerprint density at radius 2 is 2.08 bits per heavy atom. The topological polar surface area (TPSA) is 112 Å². The molecule has 2 aliphatic rings. The number of fused-ring (bicyclic) bond motifs is 2. The number of benzene rings is 1. The van der Waals surface area contributed by atoms with Crippen LogP contribution in [-0.4, -0.2) is 56.2 Å². The molecule has 1 N–H and O–H groups in total. The van der Waals surface area contributed by atoms with Crippen molar-refractivity contribution < 1.29 is 19.4 Å². The van der Waals surface area contributed by atoms with E-state index in [2.05, 4.69) is 15.0 Å². The van der Waals surface area contributed by atoms with Crippen LogP contribution in [0.2, 0.25) is 10.0 Å². The highest BCUT2D eigenvalue weighted by Gasteiger charge is 2.29. The zero-order valence-electron chi connectivity index (χ0n) is 20.1. The molecule has 1 atom stereocenters. The van der Waals surface area contributed by atoms with Crippen molar-refractivity contribution in [3.63, 3.8) is 0 Å². The summed E-state index contributed by atoms with van der Waals surface area (Å²) in [4.78, 5) is 31.4. The maximum Gasteiger partial charge on any atom is 0.341 e. The van der Waals surface area contributed by atoms with Crippen LogP contribution in [0.1, 0.15) is 28.9 Å². The summed E-state index contributed by atoms with van der Waals surface area (Å²) in [5, 5.41) is 15.4. The van der Waals surface area contributed by atoms with Gasteiger partial charge in [-0.3, -0.25) is 14.0 Å². The van der Waals surface area contributed by atoms with Crippen molar-refractivity contribution in [1.82, 2.24) is 19.3 Å². The number of rotatable bonds is 6. The smallest absolute Gasteiger partial charge is 0.341 e. The van der Waals surface area contributed by atoms with Gasteiger partial charge in [0.2, 0.25) is 11.3 Å². The Kier molecular flexibility index (Phi) is 6.46. The Labute approximate surface area is 226 Å². The van der Waals surface area contributed by atoms with Crippen LogP contribution in [0.15, 0.2) is 47.5 Å². The molecule has 0 spiro atoms. The Morgan fingerprint density at radius 1 is 1.21 bits per heavy atom. The molecule has 4 aromatic rings. The number of nitrogens with zero attached hydrogens (tertiary/aromatic N) is 5. The Hall–Kier alpha value is -3.60. The van der Waals surface area contributed by atoms with Crippen LogP contribution in [0.4, 0.5) is 5.69 Å². The first-order valence-electron chi connectivity index (χ1n) is 12.2. The molecule has 10 nitrogen and oxygen atoms in total. The molecule has 5 heterocycles. The molecule has 12 heteroatoms. The van der Waals surface area contributed by atoms with Crippen molar-refractivity contribution in [1.29, 1.82) is 0 Å². The molecule has 196 valence electrons. The maximum atomic E-state index is 13.1. The monoisotopic (exact) mass is 555 g/mol. The van der Waals surface area contributed by atoms with Crippen LogP contribution in [-0.2, 0) is 17.9 Å². The molecular formula is C26H23Cl2N5O5. The SMILES string of the molecule is O=C(O)c1cn(-c2cc3n(n2)CCOC3)c2cc(N3CCC[C@@H]3COc3ncccc3Cl)c(Cl)cc2c1=O. The molecule has 2 aliphatic heterocycles. The number of anilines is 1. The molecule has 1 saturated heterocycles. The molecule has 3 aromatic heterocycles. The van der Waals surface area contributed by atoms with Crippen LogP contribution >= 0.6 is 23.2 Å². The largest absolute Gasteiger partial charge is 0.477 e. The van der Waals surface area contributed by atoms with E-state index in [0.29, 0.717) is 53.6 Å². The highest BCUT2D eigenvalue weighted by Crippen LogP contribution is 2.36. The van der Waals surface area contributed by atoms with E-state index >= 15 is 0 Å². The summed E-state index contributed by atoms with van der Waals surface area (Å²) in [6.07, 6.45) is 4.75. The summed E-state index contributed by atoms with van der Waals surface area (Å²) in [5.74, 6) is -0.450. The third kappa shape index (κ3) is 4.38. The molecule has 0 saturated carbocycles. The minimum Gasteiger partial charge on any atom is -0.477 e. The van der Waals surface area contributed by atoms with Gasteiger partial charge in [0.05, 0.1) is 47.7 Å². The molecule has 0 amide bonds. The van der Waals surface area contributed by atoms with Gasteiger partial charge in [-0.2, -0.15) is 5.10 Å². The van der Waals surface area contributed by atoms with E-state index in [9.17, 15) is 14.7 Å². The number of aromatic carboxylic acids is 1. The Bertz CT molecular complexity index is 1590. The van der Waals surface area contributed by atoms with Gasteiger partial charge in [-0.15, -0.1) is 0 Å². The second-order valence-corrected chi connectivity index (χ2v) is 10.0. The second-order valence-electron chi connectivity index (χ2n) is 9.23. The number of hydrogen-bond acceptors (Lipinski definition) is 7. The fraction of sp³-hybridized carbons (Fsp3) is 0.308. The minimum atomic E-state index is -1.32. The summed E-state index contributed by atoms with van der Waals surface area (Å²) in [6.45, 7) is 2.63. The number of carbonyl (C=O) groups is 1. The van der Waals surface area contributed by atoms with E-state index in [1.807, 2.05) is 16.8 Å². The number of ether oxygens (including phenoxy) is 2. The predicted octanol–water partition coefficient (Wildman–Crippen LogP) is 4.17. The average molecular weight is 556 g/mol. The fourth-order valence-corrected chi connectivity index (χ4v) is 5.52. The van der Waals surface area contributed by atoms with Gasteiger partial charge in [-0.1, -0.05) is 23.2 Å². The van der Waals surface area contributed by atoms with Crippen molar-refractivity contribution in [2.24, 2.45) is 0 Å². The van der Waals surface area contributed by atoms with Crippen molar-refractivity contribution in [3.8, 4) is 11.7 Å². The number of hydrogen-bond donors (Lipinski definition) is 1.